The van der Waals surface area contributed by atoms with E-state index in [4.69, 9.17) is 9.47 Å². The quantitative estimate of drug-likeness (QED) is 0.742. The third-order valence-corrected chi connectivity index (χ3v) is 3.72. The lowest BCUT2D eigenvalue weighted by Crippen LogP contribution is -2.14. The first-order valence-electron chi connectivity index (χ1n) is 7.15. The number of hydrogen-bond donors (Lipinski definition) is 0. The van der Waals surface area contributed by atoms with Gasteiger partial charge in [-0.1, -0.05) is 32.0 Å². The van der Waals surface area contributed by atoms with Gasteiger partial charge in [0.15, 0.2) is 0 Å². The Kier molecular flexibility index (Phi) is 6.53. The molecule has 0 aliphatic rings. The molecule has 108 valence electrons. The van der Waals surface area contributed by atoms with Crippen molar-refractivity contribution in [3.63, 3.8) is 0 Å². The minimum Gasteiger partial charge on any atom is -0.381 e. The SMILES string of the molecule is COC(C)Cc1ccc(C(C)C)cc1CC(C)OC. The molecule has 0 aliphatic carbocycles. The second kappa shape index (κ2) is 7.66. The van der Waals surface area contributed by atoms with Gasteiger partial charge >= 0.3 is 0 Å². The molecule has 0 heterocycles. The number of rotatable bonds is 7. The molecule has 2 atom stereocenters. The summed E-state index contributed by atoms with van der Waals surface area (Å²) in [6.07, 6.45) is 2.42. The van der Waals surface area contributed by atoms with Crippen LogP contribution in [0.15, 0.2) is 18.2 Å². The van der Waals surface area contributed by atoms with Crippen LogP contribution in [0.2, 0.25) is 0 Å². The Hall–Kier alpha value is -0.860. The first kappa shape index (κ1) is 16.2. The van der Waals surface area contributed by atoms with Crippen molar-refractivity contribution < 1.29 is 9.47 Å². The second-order valence-electron chi connectivity index (χ2n) is 5.68. The lowest BCUT2D eigenvalue weighted by molar-refractivity contribution is 0.114. The van der Waals surface area contributed by atoms with Gasteiger partial charge in [0.2, 0.25) is 0 Å². The summed E-state index contributed by atoms with van der Waals surface area (Å²) in [6.45, 7) is 8.69. The highest BCUT2D eigenvalue weighted by Crippen LogP contribution is 2.22. The highest BCUT2D eigenvalue weighted by molar-refractivity contribution is 5.34. The smallest absolute Gasteiger partial charge is 0.0583 e. The zero-order valence-electron chi connectivity index (χ0n) is 13.2. The van der Waals surface area contributed by atoms with Gasteiger partial charge < -0.3 is 9.47 Å². The molecule has 1 aromatic carbocycles. The van der Waals surface area contributed by atoms with Crippen molar-refractivity contribution in [2.75, 3.05) is 14.2 Å². The Morgan fingerprint density at radius 3 is 1.84 bits per heavy atom. The summed E-state index contributed by atoms with van der Waals surface area (Å²) in [6, 6.07) is 6.82. The minimum atomic E-state index is 0.249. The molecule has 19 heavy (non-hydrogen) atoms. The zero-order valence-corrected chi connectivity index (χ0v) is 13.2. The highest BCUT2D eigenvalue weighted by Gasteiger charge is 2.12. The van der Waals surface area contributed by atoms with Crippen LogP contribution in [0.5, 0.6) is 0 Å². The molecule has 2 unspecified atom stereocenters. The molecule has 1 aromatic rings. The highest BCUT2D eigenvalue weighted by atomic mass is 16.5. The normalized spacial score (nSPS) is 14.7. The van der Waals surface area contributed by atoms with Crippen LogP contribution in [0.4, 0.5) is 0 Å². The van der Waals surface area contributed by atoms with Crippen LogP contribution in [-0.4, -0.2) is 26.4 Å². The molecule has 0 N–H and O–H groups in total. The maximum Gasteiger partial charge on any atom is 0.0583 e. The fraction of sp³-hybridized carbons (Fsp3) is 0.647. The third kappa shape index (κ3) is 4.96. The molecule has 2 heteroatoms. The van der Waals surface area contributed by atoms with Crippen molar-refractivity contribution >= 4 is 0 Å². The van der Waals surface area contributed by atoms with Gasteiger partial charge in [-0.25, -0.2) is 0 Å². The van der Waals surface area contributed by atoms with Crippen LogP contribution in [0, 0.1) is 0 Å². The summed E-state index contributed by atoms with van der Waals surface area (Å²) in [7, 11) is 3.54. The zero-order chi connectivity index (χ0) is 14.4. The lowest BCUT2D eigenvalue weighted by atomic mass is 9.92. The van der Waals surface area contributed by atoms with E-state index in [1.165, 1.54) is 16.7 Å². The number of benzene rings is 1. The van der Waals surface area contributed by atoms with E-state index in [0.717, 1.165) is 12.8 Å². The molecular weight excluding hydrogens is 236 g/mol. The van der Waals surface area contributed by atoms with Gasteiger partial charge in [0.1, 0.15) is 0 Å². The van der Waals surface area contributed by atoms with Crippen LogP contribution >= 0.6 is 0 Å². The van der Waals surface area contributed by atoms with E-state index < -0.39 is 0 Å². The Balaban J connectivity index is 3.00. The molecular formula is C17H28O2. The Bertz CT molecular complexity index is 385. The fourth-order valence-corrected chi connectivity index (χ4v) is 2.18. The third-order valence-electron chi connectivity index (χ3n) is 3.72. The average molecular weight is 264 g/mol. The Labute approximate surface area is 118 Å². The summed E-state index contributed by atoms with van der Waals surface area (Å²) in [5.74, 6) is 0.561. The van der Waals surface area contributed by atoms with Crippen molar-refractivity contribution in [3.8, 4) is 0 Å². The molecule has 0 radical (unpaired) electrons. The summed E-state index contributed by atoms with van der Waals surface area (Å²) < 4.78 is 10.8. The van der Waals surface area contributed by atoms with Crippen molar-refractivity contribution in [1.29, 1.82) is 0 Å². The van der Waals surface area contributed by atoms with Crippen LogP contribution in [0.3, 0.4) is 0 Å². The van der Waals surface area contributed by atoms with Gasteiger partial charge in [0.05, 0.1) is 12.2 Å². The predicted octanol–water partition coefficient (Wildman–Crippen LogP) is 3.96. The largest absolute Gasteiger partial charge is 0.381 e. The molecule has 0 aliphatic heterocycles. The van der Waals surface area contributed by atoms with E-state index >= 15 is 0 Å². The van der Waals surface area contributed by atoms with E-state index in [2.05, 4.69) is 45.9 Å². The van der Waals surface area contributed by atoms with E-state index in [0.29, 0.717) is 5.92 Å². The minimum absolute atomic E-state index is 0.249. The Morgan fingerprint density at radius 1 is 0.842 bits per heavy atom. The molecule has 0 fully saturated rings. The molecule has 0 saturated heterocycles. The molecule has 2 nitrogen and oxygen atoms in total. The van der Waals surface area contributed by atoms with Gasteiger partial charge in [0, 0.05) is 14.2 Å². The average Bonchev–Trinajstić information content (AvgIpc) is 2.39. The summed E-state index contributed by atoms with van der Waals surface area (Å²) in [5.41, 5.74) is 4.17. The van der Waals surface area contributed by atoms with Crippen LogP contribution in [0.1, 0.15) is 50.3 Å². The first-order valence-corrected chi connectivity index (χ1v) is 7.15. The van der Waals surface area contributed by atoms with Crippen LogP contribution < -0.4 is 0 Å². The number of methoxy groups -OCH3 is 2. The molecule has 0 saturated carbocycles. The van der Waals surface area contributed by atoms with Gasteiger partial charge in [-0.05, 0) is 49.3 Å². The molecule has 0 spiro atoms. The standard InChI is InChI=1S/C17H28O2/c1-12(2)15-7-8-16(9-13(3)18-5)17(11-15)10-14(4)19-6/h7-8,11-14H,9-10H2,1-6H3. The van der Waals surface area contributed by atoms with Gasteiger partial charge in [-0.2, -0.15) is 0 Å². The first-order chi connectivity index (χ1) is 8.97. The van der Waals surface area contributed by atoms with Crippen molar-refractivity contribution in [2.24, 2.45) is 0 Å². The number of ether oxygens (including phenoxy) is 2. The molecule has 0 amide bonds. The van der Waals surface area contributed by atoms with Crippen molar-refractivity contribution in [2.45, 2.75) is 58.7 Å². The predicted molar refractivity (Wildman–Crippen MR) is 80.9 cm³/mol. The van der Waals surface area contributed by atoms with Crippen molar-refractivity contribution in [3.05, 3.63) is 34.9 Å². The van der Waals surface area contributed by atoms with E-state index in [1.807, 2.05) is 0 Å². The Morgan fingerprint density at radius 2 is 1.37 bits per heavy atom. The van der Waals surface area contributed by atoms with Crippen LogP contribution in [0.25, 0.3) is 0 Å². The van der Waals surface area contributed by atoms with Gasteiger partial charge in [0.25, 0.3) is 0 Å². The molecule has 1 rings (SSSR count). The molecule has 0 aromatic heterocycles. The maximum absolute atomic E-state index is 5.41. The summed E-state index contributed by atoms with van der Waals surface area (Å²) in [4.78, 5) is 0. The topological polar surface area (TPSA) is 18.5 Å². The van der Waals surface area contributed by atoms with E-state index in [9.17, 15) is 0 Å². The number of hydrogen-bond acceptors (Lipinski definition) is 2. The summed E-state index contributed by atoms with van der Waals surface area (Å²) in [5, 5.41) is 0. The van der Waals surface area contributed by atoms with E-state index in [1.54, 1.807) is 14.2 Å². The van der Waals surface area contributed by atoms with Gasteiger partial charge in [-0.15, -0.1) is 0 Å². The maximum atomic E-state index is 5.41. The van der Waals surface area contributed by atoms with Crippen molar-refractivity contribution in [1.82, 2.24) is 0 Å². The van der Waals surface area contributed by atoms with Gasteiger partial charge in [-0.3, -0.25) is 0 Å². The lowest BCUT2D eigenvalue weighted by Gasteiger charge is -2.18. The monoisotopic (exact) mass is 264 g/mol. The van der Waals surface area contributed by atoms with Crippen LogP contribution in [-0.2, 0) is 22.3 Å². The summed E-state index contributed by atoms with van der Waals surface area (Å²) >= 11 is 0. The fourth-order valence-electron chi connectivity index (χ4n) is 2.18. The second-order valence-corrected chi connectivity index (χ2v) is 5.68. The van der Waals surface area contributed by atoms with E-state index in [-0.39, 0.29) is 12.2 Å². The molecule has 0 bridgehead atoms.